The molecule has 24 heavy (non-hydrogen) atoms. The number of rotatable bonds is 4. The molecule has 0 aliphatic rings. The van der Waals surface area contributed by atoms with Gasteiger partial charge in [-0.1, -0.05) is 23.6 Å². The second-order valence-corrected chi connectivity index (χ2v) is 5.33. The molecule has 0 unspecified atom stereocenters. The van der Waals surface area contributed by atoms with Crippen molar-refractivity contribution >= 4 is 29.7 Å². The van der Waals surface area contributed by atoms with E-state index in [0.717, 1.165) is 5.69 Å². The molecular formula is C14H17N7O2S. The molecule has 2 aromatic heterocycles. The maximum atomic E-state index is 12.4. The largest absolute Gasteiger partial charge is 0.493 e. The van der Waals surface area contributed by atoms with Crippen LogP contribution in [-0.2, 0) is 27.1 Å². The minimum atomic E-state index is -0.530. The highest BCUT2D eigenvalue weighted by Gasteiger charge is 2.18. The number of nitrogens with zero attached hydrogens (tertiary/aromatic N) is 7. The summed E-state index contributed by atoms with van der Waals surface area (Å²) in [6.45, 7) is 11.2. The Bertz CT molecular complexity index is 975. The molecule has 0 saturated heterocycles. The van der Waals surface area contributed by atoms with Crippen molar-refractivity contribution in [2.75, 3.05) is 0 Å². The third-order valence-electron chi connectivity index (χ3n) is 3.66. The fourth-order valence-electron chi connectivity index (χ4n) is 2.28. The number of aromatic nitrogens is 4. The number of imidazole rings is 1. The topological polar surface area (TPSA) is 94.1 Å². The van der Waals surface area contributed by atoms with E-state index in [1.54, 1.807) is 18.5 Å². The Morgan fingerprint density at radius 2 is 1.96 bits per heavy atom. The van der Waals surface area contributed by atoms with Gasteiger partial charge in [0.1, 0.15) is 0 Å². The Morgan fingerprint density at radius 1 is 1.29 bits per heavy atom. The van der Waals surface area contributed by atoms with E-state index in [-0.39, 0.29) is 28.1 Å². The maximum Gasteiger partial charge on any atom is 0.344 e. The third-order valence-corrected chi connectivity index (χ3v) is 4.15. The van der Waals surface area contributed by atoms with Gasteiger partial charge in [-0.25, -0.2) is 0 Å². The monoisotopic (exact) mass is 347 g/mol. The van der Waals surface area contributed by atoms with Crippen LogP contribution in [0.1, 0.15) is 19.5 Å². The van der Waals surface area contributed by atoms with Gasteiger partial charge in [0.25, 0.3) is 11.4 Å². The molecule has 0 saturated carbocycles. The van der Waals surface area contributed by atoms with Crippen LogP contribution in [0.4, 0.5) is 17.5 Å². The molecule has 2 heterocycles. The Labute approximate surface area is 143 Å². The van der Waals surface area contributed by atoms with Crippen molar-refractivity contribution < 1.29 is 5.11 Å². The number of aromatic hydroxyl groups is 1. The predicted octanol–water partition coefficient (Wildman–Crippen LogP) is 2.90. The highest BCUT2D eigenvalue weighted by Crippen LogP contribution is 2.27. The maximum absolute atomic E-state index is 12.4. The smallest absolute Gasteiger partial charge is 0.344 e. The average Bonchev–Trinajstić information content (AvgIpc) is 2.88. The number of hydrogen-bond acceptors (Lipinski definition) is 6. The van der Waals surface area contributed by atoms with Gasteiger partial charge >= 0.3 is 5.95 Å². The molecule has 0 bridgehead atoms. The average molecular weight is 347 g/mol. The van der Waals surface area contributed by atoms with E-state index >= 15 is 0 Å². The molecule has 0 aromatic carbocycles. The first kappa shape index (κ1) is 17.6. The first-order chi connectivity index (χ1) is 11.4. The molecule has 0 fully saturated rings. The molecule has 9 nitrogen and oxygen atoms in total. The zero-order chi connectivity index (χ0) is 18.0. The Hall–Kier alpha value is -2.80. The van der Waals surface area contributed by atoms with Crippen molar-refractivity contribution in [3.05, 3.63) is 32.2 Å². The number of azo groups is 1. The Morgan fingerprint density at radius 3 is 2.46 bits per heavy atom. The van der Waals surface area contributed by atoms with Crippen LogP contribution in [0.15, 0.2) is 15.0 Å². The van der Waals surface area contributed by atoms with Gasteiger partial charge in [0.2, 0.25) is 11.6 Å². The van der Waals surface area contributed by atoms with Crippen molar-refractivity contribution in [3.63, 3.8) is 0 Å². The molecule has 126 valence electrons. The lowest BCUT2D eigenvalue weighted by Crippen LogP contribution is -2.23. The molecule has 2 aromatic rings. The van der Waals surface area contributed by atoms with E-state index in [9.17, 15) is 9.90 Å². The van der Waals surface area contributed by atoms with Crippen LogP contribution < -0.4 is 5.56 Å². The van der Waals surface area contributed by atoms with Crippen molar-refractivity contribution in [1.29, 1.82) is 0 Å². The van der Waals surface area contributed by atoms with Gasteiger partial charge < -0.3 is 14.5 Å². The van der Waals surface area contributed by atoms with Crippen LogP contribution in [0, 0.1) is 11.3 Å². The first-order valence-electron chi connectivity index (χ1n) is 7.24. The summed E-state index contributed by atoms with van der Waals surface area (Å²) in [7, 11) is 3.25. The Kier molecular flexibility index (Phi) is 4.94. The molecule has 2 rings (SSSR count). The lowest BCUT2D eigenvalue weighted by atomic mass is 10.3. The van der Waals surface area contributed by atoms with E-state index in [1.165, 1.54) is 16.2 Å². The lowest BCUT2D eigenvalue weighted by molar-refractivity contribution is 0.415. The van der Waals surface area contributed by atoms with E-state index < -0.39 is 5.56 Å². The lowest BCUT2D eigenvalue weighted by Gasteiger charge is -2.10. The standard InChI is InChI=1S/C14H17N7O2S/c1-6-8-10(15-3)16-13(19(8)4)18-17-9-11(22)20(5)14(24)21(7-2)12(9)23/h22H,6-7H2,1-2,4-5H3. The van der Waals surface area contributed by atoms with E-state index in [4.69, 9.17) is 18.8 Å². The molecule has 0 atom stereocenters. The molecule has 0 amide bonds. The van der Waals surface area contributed by atoms with Gasteiger partial charge in [-0.2, -0.15) is 0 Å². The summed E-state index contributed by atoms with van der Waals surface area (Å²) in [5, 5.41) is 17.9. The summed E-state index contributed by atoms with van der Waals surface area (Å²) in [6, 6.07) is 0. The SMILES string of the molecule is [C-]#[N+]c1nc(N=Nc2c(O)n(C)c(=S)n(CC)c2=O)n(C)c1CC. The second-order valence-electron chi connectivity index (χ2n) is 4.97. The second kappa shape index (κ2) is 6.76. The minimum absolute atomic E-state index is 0.185. The third kappa shape index (κ3) is 2.74. The minimum Gasteiger partial charge on any atom is -0.493 e. The molecule has 0 aliphatic heterocycles. The van der Waals surface area contributed by atoms with E-state index in [1.807, 2.05) is 6.92 Å². The van der Waals surface area contributed by atoms with Crippen molar-refractivity contribution in [2.24, 2.45) is 24.3 Å². The molecule has 0 radical (unpaired) electrons. The van der Waals surface area contributed by atoms with Gasteiger partial charge in [-0.05, 0) is 25.6 Å². The summed E-state index contributed by atoms with van der Waals surface area (Å²) < 4.78 is 4.42. The van der Waals surface area contributed by atoms with Crippen molar-refractivity contribution in [2.45, 2.75) is 26.8 Å². The zero-order valence-electron chi connectivity index (χ0n) is 13.8. The van der Waals surface area contributed by atoms with Gasteiger partial charge in [0.15, 0.2) is 4.77 Å². The first-order valence-corrected chi connectivity index (χ1v) is 7.65. The predicted molar refractivity (Wildman–Crippen MR) is 90.9 cm³/mol. The fraction of sp³-hybridized carbons (Fsp3) is 0.429. The summed E-state index contributed by atoms with van der Waals surface area (Å²) in [6.07, 6.45) is 0.615. The van der Waals surface area contributed by atoms with Gasteiger partial charge in [-0.15, -0.1) is 5.11 Å². The number of hydrogen-bond donors (Lipinski definition) is 1. The Balaban J connectivity index is 2.62. The molecule has 10 heteroatoms. The normalized spacial score (nSPS) is 11.1. The summed E-state index contributed by atoms with van der Waals surface area (Å²) in [4.78, 5) is 19.8. The van der Waals surface area contributed by atoms with Crippen LogP contribution in [0.2, 0.25) is 0 Å². The molecule has 1 N–H and O–H groups in total. The molecule has 0 aliphatic carbocycles. The van der Waals surface area contributed by atoms with E-state index in [0.29, 0.717) is 13.0 Å². The van der Waals surface area contributed by atoms with Crippen LogP contribution >= 0.6 is 12.2 Å². The van der Waals surface area contributed by atoms with Crippen LogP contribution in [0.25, 0.3) is 4.85 Å². The highest BCUT2D eigenvalue weighted by molar-refractivity contribution is 7.71. The molecule has 0 spiro atoms. The van der Waals surface area contributed by atoms with Crippen LogP contribution in [0.3, 0.4) is 0 Å². The van der Waals surface area contributed by atoms with Crippen LogP contribution in [-0.4, -0.2) is 23.8 Å². The van der Waals surface area contributed by atoms with Gasteiger partial charge in [-0.3, -0.25) is 13.9 Å². The highest BCUT2D eigenvalue weighted by atomic mass is 32.1. The molecular weight excluding hydrogens is 330 g/mol. The van der Waals surface area contributed by atoms with Crippen molar-refractivity contribution in [1.82, 2.24) is 18.7 Å². The summed E-state index contributed by atoms with van der Waals surface area (Å²) in [5.41, 5.74) is -0.0314. The quantitative estimate of drug-likeness (QED) is 0.523. The van der Waals surface area contributed by atoms with Crippen LogP contribution in [0.5, 0.6) is 5.88 Å². The van der Waals surface area contributed by atoms with Gasteiger partial charge in [0.05, 0.1) is 0 Å². The summed E-state index contributed by atoms with van der Waals surface area (Å²) in [5.74, 6) is 0.0641. The summed E-state index contributed by atoms with van der Waals surface area (Å²) >= 11 is 5.12. The van der Waals surface area contributed by atoms with Gasteiger partial charge in [0, 0.05) is 26.3 Å². The van der Waals surface area contributed by atoms with E-state index in [2.05, 4.69) is 20.1 Å². The fourth-order valence-corrected chi connectivity index (χ4v) is 2.58. The van der Waals surface area contributed by atoms with Crippen molar-refractivity contribution in [3.8, 4) is 5.88 Å². The zero-order valence-corrected chi connectivity index (χ0v) is 14.6.